The van der Waals surface area contributed by atoms with Crippen molar-refractivity contribution in [3.8, 4) is 0 Å². The number of benzene rings is 3. The van der Waals surface area contributed by atoms with Gasteiger partial charge in [0.25, 0.3) is 0 Å². The highest BCUT2D eigenvalue weighted by molar-refractivity contribution is 7.12. The van der Waals surface area contributed by atoms with Crippen molar-refractivity contribution in [2.45, 2.75) is 103 Å². The van der Waals surface area contributed by atoms with Crippen LogP contribution in [0, 0.1) is 13.8 Å². The van der Waals surface area contributed by atoms with Crippen LogP contribution in [0.2, 0.25) is 20.1 Å². The second-order valence-corrected chi connectivity index (χ2v) is 21.6. The average Bonchev–Trinajstić information content (AvgIpc) is 4.03. The number of aryl methyl sites for hydroxylation is 3. The standard InChI is InChI=1S/C18H24N2S.C16H18Cl2N2S.C15H16Cl2N2S/c1-3-16-18(15-7-9-19-10-8-15)21-17(20-16)12-14-6-4-5-13(2)11-14;1-10-16(11-4-6-19-7-5-11)21-15(20-10)8-12-2-3-13(17)9-14(12)18;16-12-2-1-11(13(17)8-12)7-15-19-9-14(20-15)10-3-5-18-6-4-10/h4-6,11,15,19H,3,7-10,12H2,1-2H3;2-3,9,11,19H,4-8H2,1H3;1-2,8-10,18H,3-7H2. The van der Waals surface area contributed by atoms with E-state index in [1.165, 1.54) is 75.8 Å². The van der Waals surface area contributed by atoms with Crippen molar-refractivity contribution in [3.05, 3.63) is 150 Å². The molecule has 0 bridgehead atoms. The molecule has 3 fully saturated rings. The number of hydrogen-bond donors (Lipinski definition) is 3. The van der Waals surface area contributed by atoms with Crippen molar-refractivity contribution in [1.29, 1.82) is 0 Å². The molecule has 3 saturated heterocycles. The van der Waals surface area contributed by atoms with Crippen LogP contribution in [0.25, 0.3) is 0 Å². The minimum absolute atomic E-state index is 0.665. The van der Waals surface area contributed by atoms with Gasteiger partial charge in [-0.2, -0.15) is 0 Å². The van der Waals surface area contributed by atoms with Gasteiger partial charge in [0, 0.05) is 60.2 Å². The number of halogens is 4. The second kappa shape index (κ2) is 23.7. The lowest BCUT2D eigenvalue weighted by molar-refractivity contribution is 0.463. The van der Waals surface area contributed by atoms with Gasteiger partial charge in [-0.1, -0.05) is 95.3 Å². The van der Waals surface area contributed by atoms with Crippen molar-refractivity contribution in [3.63, 3.8) is 0 Å². The second-order valence-electron chi connectivity index (χ2n) is 16.5. The zero-order chi connectivity index (χ0) is 43.4. The molecule has 0 atom stereocenters. The molecule has 3 aromatic carbocycles. The van der Waals surface area contributed by atoms with Gasteiger partial charge in [0.1, 0.15) is 0 Å². The third kappa shape index (κ3) is 13.6. The Labute approximate surface area is 400 Å². The van der Waals surface area contributed by atoms with Crippen LogP contribution in [0.3, 0.4) is 0 Å². The first-order valence-corrected chi connectivity index (χ1v) is 26.0. The molecule has 0 radical (unpaired) electrons. The molecular formula is C49H58Cl4N6S3. The molecule has 6 aromatic rings. The van der Waals surface area contributed by atoms with Crippen molar-refractivity contribution < 1.29 is 0 Å². The number of hydrogen-bond acceptors (Lipinski definition) is 9. The molecule has 0 spiro atoms. The normalized spacial score (nSPS) is 16.4. The van der Waals surface area contributed by atoms with Gasteiger partial charge in [0.05, 0.1) is 26.4 Å². The molecular weight excluding hydrogens is 911 g/mol. The van der Waals surface area contributed by atoms with Gasteiger partial charge in [-0.05, 0) is 157 Å². The number of aromatic nitrogens is 3. The fourth-order valence-electron chi connectivity index (χ4n) is 8.50. The van der Waals surface area contributed by atoms with E-state index >= 15 is 0 Å². The molecule has 6 nitrogen and oxygen atoms in total. The first-order valence-electron chi connectivity index (χ1n) is 22.1. The molecule has 9 rings (SSSR count). The molecule has 3 N–H and O–H groups in total. The average molecular weight is 969 g/mol. The minimum atomic E-state index is 0.665. The van der Waals surface area contributed by atoms with E-state index in [1.54, 1.807) is 17.0 Å². The Hall–Kier alpha value is -2.41. The Balaban J connectivity index is 0.000000140. The fraction of sp³-hybridized carbons (Fsp3) is 0.449. The van der Waals surface area contributed by atoms with E-state index in [9.17, 15) is 0 Å². The highest BCUT2D eigenvalue weighted by Crippen LogP contribution is 2.36. The van der Waals surface area contributed by atoms with Crippen LogP contribution >= 0.6 is 80.4 Å². The highest BCUT2D eigenvalue weighted by Gasteiger charge is 2.23. The Morgan fingerprint density at radius 2 is 1.11 bits per heavy atom. The number of piperidine rings is 3. The monoisotopic (exact) mass is 966 g/mol. The van der Waals surface area contributed by atoms with Crippen LogP contribution < -0.4 is 16.0 Å². The third-order valence-corrected chi connectivity index (χ3v) is 16.8. The van der Waals surface area contributed by atoms with Gasteiger partial charge in [-0.3, -0.25) is 0 Å². The highest BCUT2D eigenvalue weighted by atomic mass is 35.5. The number of nitrogens with zero attached hydrogens (tertiary/aromatic N) is 3. The van der Waals surface area contributed by atoms with Crippen molar-refractivity contribution in [1.82, 2.24) is 30.9 Å². The van der Waals surface area contributed by atoms with E-state index in [4.69, 9.17) is 56.4 Å². The van der Waals surface area contributed by atoms with Crippen LogP contribution in [-0.4, -0.2) is 54.2 Å². The van der Waals surface area contributed by atoms with Gasteiger partial charge < -0.3 is 16.0 Å². The Morgan fingerprint density at radius 3 is 1.68 bits per heavy atom. The summed E-state index contributed by atoms with van der Waals surface area (Å²) in [5, 5.41) is 16.6. The smallest absolute Gasteiger partial charge is 0.0975 e. The Kier molecular flexibility index (Phi) is 18.2. The van der Waals surface area contributed by atoms with E-state index in [1.807, 2.05) is 64.5 Å². The largest absolute Gasteiger partial charge is 0.317 e. The van der Waals surface area contributed by atoms with Gasteiger partial charge >= 0.3 is 0 Å². The molecule has 13 heteroatoms. The first-order chi connectivity index (χ1) is 30.1. The van der Waals surface area contributed by atoms with E-state index in [0.717, 1.165) is 102 Å². The van der Waals surface area contributed by atoms with E-state index in [0.29, 0.717) is 21.9 Å². The maximum Gasteiger partial charge on any atom is 0.0975 e. The Bertz CT molecular complexity index is 2340. The zero-order valence-corrected chi connectivity index (χ0v) is 41.4. The first kappa shape index (κ1) is 47.5. The van der Waals surface area contributed by atoms with Crippen LogP contribution in [0.1, 0.15) is 126 Å². The minimum Gasteiger partial charge on any atom is -0.317 e. The van der Waals surface area contributed by atoms with Crippen LogP contribution in [0.4, 0.5) is 0 Å². The molecule has 3 aliphatic rings. The number of thiazole rings is 3. The summed E-state index contributed by atoms with van der Waals surface area (Å²) >= 11 is 30.0. The maximum absolute atomic E-state index is 6.26. The topological polar surface area (TPSA) is 74.8 Å². The molecule has 6 heterocycles. The predicted octanol–water partition coefficient (Wildman–Crippen LogP) is 13.4. The molecule has 3 aliphatic heterocycles. The fourth-order valence-corrected chi connectivity index (χ4v) is 13.2. The summed E-state index contributed by atoms with van der Waals surface area (Å²) in [6.45, 7) is 13.3. The van der Waals surface area contributed by atoms with Gasteiger partial charge in [-0.15, -0.1) is 34.0 Å². The predicted molar refractivity (Wildman–Crippen MR) is 268 cm³/mol. The van der Waals surface area contributed by atoms with Crippen LogP contribution in [0.5, 0.6) is 0 Å². The molecule has 3 aromatic heterocycles. The third-order valence-electron chi connectivity index (χ3n) is 11.9. The van der Waals surface area contributed by atoms with E-state index in [-0.39, 0.29) is 0 Å². The van der Waals surface area contributed by atoms with E-state index in [2.05, 4.69) is 66.0 Å². The molecule has 62 heavy (non-hydrogen) atoms. The Morgan fingerprint density at radius 1 is 0.581 bits per heavy atom. The number of rotatable bonds is 10. The van der Waals surface area contributed by atoms with Gasteiger partial charge in [0.15, 0.2) is 0 Å². The number of nitrogens with one attached hydrogen (secondary N) is 3. The van der Waals surface area contributed by atoms with Crippen molar-refractivity contribution >= 4 is 80.4 Å². The summed E-state index contributed by atoms with van der Waals surface area (Å²) in [5.41, 5.74) is 7.41. The molecule has 0 unspecified atom stereocenters. The quantitative estimate of drug-likeness (QED) is 0.127. The molecule has 0 saturated carbocycles. The van der Waals surface area contributed by atoms with Gasteiger partial charge in [-0.25, -0.2) is 15.0 Å². The van der Waals surface area contributed by atoms with Gasteiger partial charge in [0.2, 0.25) is 0 Å². The van der Waals surface area contributed by atoms with Crippen LogP contribution in [-0.2, 0) is 25.7 Å². The summed E-state index contributed by atoms with van der Waals surface area (Å²) < 4.78 is 0. The maximum atomic E-state index is 6.26. The summed E-state index contributed by atoms with van der Waals surface area (Å²) in [7, 11) is 0. The summed E-state index contributed by atoms with van der Waals surface area (Å²) in [5.74, 6) is 2.06. The SMILES string of the molecule is CCc1nc(Cc2cccc(C)c2)sc1C1CCNCC1.Cc1nc(Cc2ccc(Cl)cc2Cl)sc1C1CCNCC1.Clc1ccc(Cc2ncc(C3CCNCC3)s2)c(Cl)c1. The van der Waals surface area contributed by atoms with Crippen LogP contribution in [0.15, 0.2) is 66.9 Å². The van der Waals surface area contributed by atoms with Crippen molar-refractivity contribution in [2.75, 3.05) is 39.3 Å². The molecule has 0 amide bonds. The summed E-state index contributed by atoms with van der Waals surface area (Å²) in [6, 6.07) is 20.1. The lowest BCUT2D eigenvalue weighted by Gasteiger charge is -2.22. The zero-order valence-electron chi connectivity index (χ0n) is 36.0. The summed E-state index contributed by atoms with van der Waals surface area (Å²) in [6.07, 6.45) is 13.0. The lowest BCUT2D eigenvalue weighted by Crippen LogP contribution is -2.26. The lowest BCUT2D eigenvalue weighted by atomic mass is 9.95. The van der Waals surface area contributed by atoms with E-state index < -0.39 is 0 Å². The molecule has 330 valence electrons. The summed E-state index contributed by atoms with van der Waals surface area (Å²) in [4.78, 5) is 18.7. The molecule has 0 aliphatic carbocycles. The van der Waals surface area contributed by atoms with Crippen molar-refractivity contribution in [2.24, 2.45) is 0 Å².